The van der Waals surface area contributed by atoms with Gasteiger partial charge in [0.05, 0.1) is 14.4 Å². The van der Waals surface area contributed by atoms with Gasteiger partial charge in [0.25, 0.3) is 5.91 Å². The number of carbonyl (C=O) groups excluding carboxylic acids is 1. The van der Waals surface area contributed by atoms with Gasteiger partial charge in [-0.1, -0.05) is 23.9 Å². The average Bonchev–Trinajstić information content (AvgIpc) is 2.76. The maximum Gasteiger partial charge on any atom is 0.262 e. The second-order valence-electron chi connectivity index (χ2n) is 3.70. The molecule has 0 unspecified atom stereocenters. The summed E-state index contributed by atoms with van der Waals surface area (Å²) < 4.78 is 1.07. The maximum atomic E-state index is 12.0. The van der Waals surface area contributed by atoms with Crippen LogP contribution in [-0.4, -0.2) is 5.91 Å². The van der Waals surface area contributed by atoms with E-state index in [9.17, 15) is 4.79 Å². The van der Waals surface area contributed by atoms with Crippen molar-refractivity contribution in [2.24, 2.45) is 0 Å². The molecule has 1 aliphatic rings. The van der Waals surface area contributed by atoms with E-state index in [-0.39, 0.29) is 5.91 Å². The minimum atomic E-state index is -0.0387. The predicted molar refractivity (Wildman–Crippen MR) is 80.9 cm³/mol. The van der Waals surface area contributed by atoms with E-state index >= 15 is 0 Å². The van der Waals surface area contributed by atoms with Crippen molar-refractivity contribution in [1.29, 1.82) is 0 Å². The Kier molecular flexibility index (Phi) is 3.28. The average molecular weight is 338 g/mol. The zero-order valence-corrected chi connectivity index (χ0v) is 12.4. The molecule has 0 spiro atoms. The topological polar surface area (TPSA) is 29.1 Å². The van der Waals surface area contributed by atoms with Crippen LogP contribution in [0.1, 0.15) is 4.88 Å². The summed E-state index contributed by atoms with van der Waals surface area (Å²) in [6.07, 6.45) is 1.92. The lowest BCUT2D eigenvalue weighted by Gasteiger charge is -2.17. The van der Waals surface area contributed by atoms with Gasteiger partial charge >= 0.3 is 0 Å². The van der Waals surface area contributed by atoms with Crippen LogP contribution in [0.4, 0.5) is 5.69 Å². The van der Waals surface area contributed by atoms with Crippen molar-refractivity contribution in [3.8, 4) is 0 Å². The summed E-state index contributed by atoms with van der Waals surface area (Å²) in [5.74, 6) is -0.0387. The van der Waals surface area contributed by atoms with Gasteiger partial charge in [-0.25, -0.2) is 0 Å². The van der Waals surface area contributed by atoms with E-state index in [1.165, 1.54) is 11.8 Å². The number of thiophene rings is 1. The highest BCUT2D eigenvalue weighted by Crippen LogP contribution is 2.39. The summed E-state index contributed by atoms with van der Waals surface area (Å²) >= 11 is 6.54. The molecule has 0 bridgehead atoms. The Bertz CT molecular complexity index is 648. The molecule has 90 valence electrons. The SMILES string of the molecule is O=C1Nc2ccccc2S/C1=C\c1ccc(Br)s1. The second-order valence-corrected chi connectivity index (χ2v) is 7.28. The highest BCUT2D eigenvalue weighted by atomic mass is 79.9. The third-order valence-corrected chi connectivity index (χ3v) is 5.12. The number of fused-ring (bicyclic) bond motifs is 1. The third kappa shape index (κ3) is 2.39. The van der Waals surface area contributed by atoms with Crippen molar-refractivity contribution >= 4 is 56.7 Å². The molecule has 1 N–H and O–H groups in total. The Hall–Kier alpha value is -1.04. The van der Waals surface area contributed by atoms with E-state index < -0.39 is 0 Å². The van der Waals surface area contributed by atoms with Gasteiger partial charge in [-0.3, -0.25) is 4.79 Å². The normalized spacial score (nSPS) is 16.5. The fraction of sp³-hybridized carbons (Fsp3) is 0. The van der Waals surface area contributed by atoms with E-state index in [1.54, 1.807) is 11.3 Å². The fourth-order valence-corrected chi connectivity index (χ4v) is 4.02. The summed E-state index contributed by atoms with van der Waals surface area (Å²) in [6, 6.07) is 11.8. The molecule has 0 atom stereocenters. The van der Waals surface area contributed by atoms with Gasteiger partial charge < -0.3 is 5.32 Å². The van der Waals surface area contributed by atoms with Gasteiger partial charge in [0.1, 0.15) is 0 Å². The number of thioether (sulfide) groups is 1. The summed E-state index contributed by atoms with van der Waals surface area (Å²) in [7, 11) is 0. The largest absolute Gasteiger partial charge is 0.320 e. The van der Waals surface area contributed by atoms with Crippen LogP contribution >= 0.6 is 39.0 Å². The molecule has 1 aliphatic heterocycles. The first kappa shape index (κ1) is 12.0. The molecule has 1 aromatic carbocycles. The molecule has 1 amide bonds. The van der Waals surface area contributed by atoms with Crippen LogP contribution in [0.2, 0.25) is 0 Å². The second kappa shape index (κ2) is 4.91. The van der Waals surface area contributed by atoms with E-state index in [1.807, 2.05) is 42.5 Å². The van der Waals surface area contributed by atoms with Crippen molar-refractivity contribution in [3.05, 3.63) is 50.0 Å². The zero-order valence-electron chi connectivity index (χ0n) is 9.14. The molecule has 1 aromatic heterocycles. The molecule has 18 heavy (non-hydrogen) atoms. The molecular formula is C13H8BrNOS2. The van der Waals surface area contributed by atoms with E-state index in [2.05, 4.69) is 21.2 Å². The Morgan fingerprint density at radius 3 is 2.78 bits per heavy atom. The number of halogens is 1. The number of para-hydroxylation sites is 1. The molecule has 0 saturated heterocycles. The Morgan fingerprint density at radius 1 is 1.17 bits per heavy atom. The third-order valence-electron chi connectivity index (χ3n) is 2.45. The van der Waals surface area contributed by atoms with Gasteiger partial charge in [0.2, 0.25) is 0 Å². The number of anilines is 1. The van der Waals surface area contributed by atoms with Gasteiger partial charge in [0.15, 0.2) is 0 Å². The molecule has 3 rings (SSSR count). The minimum absolute atomic E-state index is 0.0387. The lowest BCUT2D eigenvalue weighted by Crippen LogP contribution is -2.16. The van der Waals surface area contributed by atoms with Crippen LogP contribution in [0.25, 0.3) is 6.08 Å². The van der Waals surface area contributed by atoms with Crippen LogP contribution < -0.4 is 5.32 Å². The van der Waals surface area contributed by atoms with Gasteiger partial charge in [-0.2, -0.15) is 0 Å². The van der Waals surface area contributed by atoms with Crippen molar-refractivity contribution < 1.29 is 4.79 Å². The van der Waals surface area contributed by atoms with Gasteiger partial charge in [-0.15, -0.1) is 11.3 Å². The van der Waals surface area contributed by atoms with Crippen LogP contribution in [-0.2, 0) is 4.79 Å². The van der Waals surface area contributed by atoms with Crippen molar-refractivity contribution in [2.45, 2.75) is 4.90 Å². The van der Waals surface area contributed by atoms with Gasteiger partial charge in [0, 0.05) is 9.77 Å². The standard InChI is InChI=1S/C13H8BrNOS2/c14-12-6-5-8(17-12)7-11-13(16)15-9-3-1-2-4-10(9)18-11/h1-7H,(H,15,16)/b11-7-. The van der Waals surface area contributed by atoms with E-state index in [0.29, 0.717) is 0 Å². The quantitative estimate of drug-likeness (QED) is 0.770. The molecule has 5 heteroatoms. The van der Waals surface area contributed by atoms with Crippen LogP contribution in [0.15, 0.2) is 50.0 Å². The highest BCUT2D eigenvalue weighted by molar-refractivity contribution is 9.11. The lowest BCUT2D eigenvalue weighted by atomic mass is 10.3. The number of hydrogen-bond acceptors (Lipinski definition) is 3. The maximum absolute atomic E-state index is 12.0. The molecule has 2 aromatic rings. The summed E-state index contributed by atoms with van der Waals surface area (Å²) in [4.78, 5) is 14.8. The number of benzene rings is 1. The predicted octanol–water partition coefficient (Wildman–Crippen LogP) is 4.60. The van der Waals surface area contributed by atoms with Crippen molar-refractivity contribution in [3.63, 3.8) is 0 Å². The molecule has 0 fully saturated rings. The number of rotatable bonds is 1. The smallest absolute Gasteiger partial charge is 0.262 e. The lowest BCUT2D eigenvalue weighted by molar-refractivity contribution is -0.112. The summed E-state index contributed by atoms with van der Waals surface area (Å²) in [5.41, 5.74) is 0.886. The Balaban J connectivity index is 1.96. The monoisotopic (exact) mass is 337 g/mol. The first-order chi connectivity index (χ1) is 8.72. The number of nitrogens with one attached hydrogen (secondary N) is 1. The molecule has 2 heterocycles. The summed E-state index contributed by atoms with van der Waals surface area (Å²) in [6.45, 7) is 0. The molecule has 0 saturated carbocycles. The number of amides is 1. The van der Waals surface area contributed by atoms with Crippen molar-refractivity contribution in [2.75, 3.05) is 5.32 Å². The number of carbonyl (C=O) groups is 1. The Morgan fingerprint density at radius 2 is 2.00 bits per heavy atom. The number of hydrogen-bond donors (Lipinski definition) is 1. The Labute approximate surface area is 121 Å². The van der Waals surface area contributed by atoms with Crippen LogP contribution in [0.3, 0.4) is 0 Å². The first-order valence-corrected chi connectivity index (χ1v) is 7.70. The zero-order chi connectivity index (χ0) is 12.5. The van der Waals surface area contributed by atoms with Crippen molar-refractivity contribution in [1.82, 2.24) is 0 Å². The van der Waals surface area contributed by atoms with E-state index in [0.717, 1.165) is 24.2 Å². The minimum Gasteiger partial charge on any atom is -0.320 e. The van der Waals surface area contributed by atoms with E-state index in [4.69, 9.17) is 0 Å². The molecular weight excluding hydrogens is 330 g/mol. The van der Waals surface area contributed by atoms with Crippen LogP contribution in [0, 0.1) is 0 Å². The van der Waals surface area contributed by atoms with Crippen LogP contribution in [0.5, 0.6) is 0 Å². The molecule has 0 radical (unpaired) electrons. The first-order valence-electron chi connectivity index (χ1n) is 5.27. The summed E-state index contributed by atoms with van der Waals surface area (Å²) in [5, 5.41) is 2.90. The molecule has 0 aliphatic carbocycles. The highest BCUT2D eigenvalue weighted by Gasteiger charge is 2.20. The molecule has 2 nitrogen and oxygen atoms in total. The fourth-order valence-electron chi connectivity index (χ4n) is 1.64. The van der Waals surface area contributed by atoms with Gasteiger partial charge in [-0.05, 0) is 46.3 Å².